The third-order valence-corrected chi connectivity index (χ3v) is 2.72. The van der Waals surface area contributed by atoms with Crippen LogP contribution < -0.4 is 16.0 Å². The lowest BCUT2D eigenvalue weighted by Gasteiger charge is -2.24. The molecule has 5 heteroatoms. The fourth-order valence-corrected chi connectivity index (χ4v) is 1.75. The summed E-state index contributed by atoms with van der Waals surface area (Å²) < 4.78 is 5.25. The van der Waals surface area contributed by atoms with Crippen LogP contribution >= 0.6 is 0 Å². The maximum absolute atomic E-state index is 11.8. The van der Waals surface area contributed by atoms with Crippen LogP contribution in [0.3, 0.4) is 0 Å². The Hall–Kier alpha value is -1.75. The van der Waals surface area contributed by atoms with Gasteiger partial charge in [-0.1, -0.05) is 12.1 Å². The maximum Gasteiger partial charge on any atom is 0.408 e. The third kappa shape index (κ3) is 5.09. The molecule has 0 bridgehead atoms. The van der Waals surface area contributed by atoms with Gasteiger partial charge in [0.25, 0.3) is 0 Å². The molecule has 0 saturated carbocycles. The smallest absolute Gasteiger partial charge is 0.408 e. The summed E-state index contributed by atoms with van der Waals surface area (Å²) >= 11 is 0. The molecule has 0 aliphatic heterocycles. The van der Waals surface area contributed by atoms with Crippen molar-refractivity contribution in [3.63, 3.8) is 0 Å². The zero-order valence-electron chi connectivity index (χ0n) is 12.9. The molecule has 1 unspecified atom stereocenters. The van der Waals surface area contributed by atoms with Crippen LogP contribution in [0.2, 0.25) is 0 Å². The van der Waals surface area contributed by atoms with E-state index in [9.17, 15) is 4.79 Å². The van der Waals surface area contributed by atoms with Crippen LogP contribution in [0.4, 0.5) is 10.5 Å². The summed E-state index contributed by atoms with van der Waals surface area (Å²) in [5.41, 5.74) is 7.26. The summed E-state index contributed by atoms with van der Waals surface area (Å²) in [6.07, 6.45) is -0.455. The van der Waals surface area contributed by atoms with Crippen molar-refractivity contribution in [3.05, 3.63) is 29.8 Å². The monoisotopic (exact) mass is 279 g/mol. The number of benzene rings is 1. The second-order valence-corrected chi connectivity index (χ2v) is 5.92. The van der Waals surface area contributed by atoms with Gasteiger partial charge in [-0.25, -0.2) is 4.79 Å². The van der Waals surface area contributed by atoms with Crippen LogP contribution in [0.5, 0.6) is 0 Å². The first kappa shape index (κ1) is 16.3. The SMILES string of the molecule is CN(C)c1cccc(C(CN)NC(=O)OC(C)(C)C)c1. The fraction of sp³-hybridized carbons (Fsp3) is 0.533. The van der Waals surface area contributed by atoms with Crippen LogP contribution in [0.15, 0.2) is 24.3 Å². The van der Waals surface area contributed by atoms with E-state index in [-0.39, 0.29) is 6.04 Å². The van der Waals surface area contributed by atoms with Gasteiger partial charge in [-0.3, -0.25) is 0 Å². The van der Waals surface area contributed by atoms with E-state index >= 15 is 0 Å². The van der Waals surface area contributed by atoms with Crippen molar-refractivity contribution in [2.45, 2.75) is 32.4 Å². The van der Waals surface area contributed by atoms with Crippen LogP contribution in [0, 0.1) is 0 Å². The largest absolute Gasteiger partial charge is 0.444 e. The van der Waals surface area contributed by atoms with Gasteiger partial charge in [-0.15, -0.1) is 0 Å². The first-order chi connectivity index (χ1) is 9.23. The van der Waals surface area contributed by atoms with Crippen LogP contribution in [0.1, 0.15) is 32.4 Å². The average Bonchev–Trinajstić information content (AvgIpc) is 2.34. The number of hydrogen-bond donors (Lipinski definition) is 2. The average molecular weight is 279 g/mol. The molecule has 3 N–H and O–H groups in total. The Kier molecular flexibility index (Phi) is 5.39. The highest BCUT2D eigenvalue weighted by molar-refractivity contribution is 5.68. The van der Waals surface area contributed by atoms with E-state index in [0.717, 1.165) is 11.3 Å². The minimum atomic E-state index is -0.519. The number of hydrogen-bond acceptors (Lipinski definition) is 4. The van der Waals surface area contributed by atoms with Gasteiger partial charge < -0.3 is 20.7 Å². The van der Waals surface area contributed by atoms with E-state index in [1.807, 2.05) is 64.0 Å². The molecule has 1 aromatic carbocycles. The highest BCUT2D eigenvalue weighted by Gasteiger charge is 2.20. The Bertz CT molecular complexity index is 453. The summed E-state index contributed by atoms with van der Waals surface area (Å²) in [6, 6.07) is 7.65. The Balaban J connectivity index is 2.81. The summed E-state index contributed by atoms with van der Waals surface area (Å²) in [4.78, 5) is 13.8. The number of rotatable bonds is 4. The maximum atomic E-state index is 11.8. The van der Waals surface area contributed by atoms with Crippen molar-refractivity contribution >= 4 is 11.8 Å². The van der Waals surface area contributed by atoms with Crippen LogP contribution in [-0.2, 0) is 4.74 Å². The van der Waals surface area contributed by atoms with E-state index in [1.54, 1.807) is 0 Å². The molecule has 0 aliphatic carbocycles. The van der Waals surface area contributed by atoms with Gasteiger partial charge in [0.1, 0.15) is 5.60 Å². The Morgan fingerprint density at radius 3 is 2.55 bits per heavy atom. The normalized spacial score (nSPS) is 12.7. The highest BCUT2D eigenvalue weighted by Crippen LogP contribution is 2.19. The zero-order valence-corrected chi connectivity index (χ0v) is 12.9. The van der Waals surface area contributed by atoms with Crippen molar-refractivity contribution in [1.82, 2.24) is 5.32 Å². The van der Waals surface area contributed by atoms with E-state index in [4.69, 9.17) is 10.5 Å². The van der Waals surface area contributed by atoms with Crippen molar-refractivity contribution in [2.24, 2.45) is 5.73 Å². The number of carbonyl (C=O) groups is 1. The standard InChI is InChI=1S/C15H25N3O2/c1-15(2,3)20-14(19)17-13(10-16)11-7-6-8-12(9-11)18(4)5/h6-9,13H,10,16H2,1-5H3,(H,17,19). The Labute approximate surface area is 121 Å². The Morgan fingerprint density at radius 2 is 2.05 bits per heavy atom. The third-order valence-electron chi connectivity index (χ3n) is 2.72. The molecule has 1 aromatic rings. The number of carbonyl (C=O) groups excluding carboxylic acids is 1. The lowest BCUT2D eigenvalue weighted by Crippen LogP contribution is -2.37. The van der Waals surface area contributed by atoms with E-state index in [2.05, 4.69) is 5.32 Å². The first-order valence-corrected chi connectivity index (χ1v) is 6.70. The van der Waals surface area contributed by atoms with Gasteiger partial charge in [0.05, 0.1) is 6.04 Å². The molecular weight excluding hydrogens is 254 g/mol. The van der Waals surface area contributed by atoms with E-state index in [1.165, 1.54) is 0 Å². The molecule has 0 saturated heterocycles. The number of alkyl carbamates (subject to hydrolysis) is 1. The number of ether oxygens (including phenoxy) is 1. The summed E-state index contributed by atoms with van der Waals surface area (Å²) in [6.45, 7) is 5.81. The zero-order chi connectivity index (χ0) is 15.3. The predicted molar refractivity (Wildman–Crippen MR) is 81.9 cm³/mol. The molecule has 1 amide bonds. The van der Waals surface area contributed by atoms with Gasteiger partial charge in [0.15, 0.2) is 0 Å². The van der Waals surface area contributed by atoms with Gasteiger partial charge in [-0.05, 0) is 38.5 Å². The molecule has 1 atom stereocenters. The minimum absolute atomic E-state index is 0.259. The number of amides is 1. The highest BCUT2D eigenvalue weighted by atomic mass is 16.6. The Morgan fingerprint density at radius 1 is 1.40 bits per heavy atom. The van der Waals surface area contributed by atoms with Crippen LogP contribution in [-0.4, -0.2) is 32.3 Å². The van der Waals surface area contributed by atoms with Gasteiger partial charge in [0.2, 0.25) is 0 Å². The lowest BCUT2D eigenvalue weighted by atomic mass is 10.1. The predicted octanol–water partition coefficient (Wildman–Crippen LogP) is 2.28. The molecule has 0 heterocycles. The molecule has 0 aromatic heterocycles. The number of nitrogens with two attached hydrogens (primary N) is 1. The number of anilines is 1. The first-order valence-electron chi connectivity index (χ1n) is 6.70. The van der Waals surface area contributed by atoms with Crippen LogP contribution in [0.25, 0.3) is 0 Å². The number of nitrogens with one attached hydrogen (secondary N) is 1. The minimum Gasteiger partial charge on any atom is -0.444 e. The molecule has 0 radical (unpaired) electrons. The topological polar surface area (TPSA) is 67.6 Å². The van der Waals surface area contributed by atoms with Crippen molar-refractivity contribution in [1.29, 1.82) is 0 Å². The lowest BCUT2D eigenvalue weighted by molar-refractivity contribution is 0.0505. The molecule has 112 valence electrons. The summed E-state index contributed by atoms with van der Waals surface area (Å²) in [7, 11) is 3.94. The second kappa shape index (κ2) is 6.61. The second-order valence-electron chi connectivity index (χ2n) is 5.92. The molecule has 0 fully saturated rings. The molecular formula is C15H25N3O2. The number of nitrogens with zero attached hydrogens (tertiary/aromatic N) is 1. The summed E-state index contributed by atoms with van der Waals surface area (Å²) in [5.74, 6) is 0. The molecule has 0 aliphatic rings. The van der Waals surface area contributed by atoms with Gasteiger partial charge in [0, 0.05) is 26.3 Å². The van der Waals surface area contributed by atoms with Crippen molar-refractivity contribution in [2.75, 3.05) is 25.5 Å². The molecule has 20 heavy (non-hydrogen) atoms. The fourth-order valence-electron chi connectivity index (χ4n) is 1.75. The van der Waals surface area contributed by atoms with E-state index in [0.29, 0.717) is 6.54 Å². The molecule has 1 rings (SSSR count). The van der Waals surface area contributed by atoms with Gasteiger partial charge >= 0.3 is 6.09 Å². The summed E-state index contributed by atoms with van der Waals surface area (Å²) in [5, 5.41) is 2.80. The molecule has 0 spiro atoms. The van der Waals surface area contributed by atoms with Crippen molar-refractivity contribution in [3.8, 4) is 0 Å². The molecule has 5 nitrogen and oxygen atoms in total. The van der Waals surface area contributed by atoms with Gasteiger partial charge in [-0.2, -0.15) is 0 Å². The quantitative estimate of drug-likeness (QED) is 0.887. The van der Waals surface area contributed by atoms with E-state index < -0.39 is 11.7 Å². The van der Waals surface area contributed by atoms with Crippen molar-refractivity contribution < 1.29 is 9.53 Å².